The number of rotatable bonds is 63. The zero-order valence-electron chi connectivity index (χ0n) is 53.5. The lowest BCUT2D eigenvalue weighted by molar-refractivity contribution is -0.167. The number of carbonyl (C=O) groups excluding carboxylic acids is 3. The van der Waals surface area contributed by atoms with Crippen LogP contribution in [0.5, 0.6) is 0 Å². The molecule has 0 aliphatic heterocycles. The van der Waals surface area contributed by atoms with Crippen LogP contribution in [0.1, 0.15) is 342 Å². The molecule has 466 valence electrons. The van der Waals surface area contributed by atoms with Crippen molar-refractivity contribution in [3.63, 3.8) is 0 Å². The highest BCUT2D eigenvalue weighted by molar-refractivity contribution is 5.71. The summed E-state index contributed by atoms with van der Waals surface area (Å²) >= 11 is 0. The first-order valence-corrected chi connectivity index (χ1v) is 34.7. The normalized spacial score (nSPS) is 12.7. The predicted molar refractivity (Wildman–Crippen MR) is 353 cm³/mol. The van der Waals surface area contributed by atoms with E-state index in [1.54, 1.807) is 0 Å². The second-order valence-electron chi connectivity index (χ2n) is 23.0. The summed E-state index contributed by atoms with van der Waals surface area (Å²) in [6.45, 7) is 6.42. The fraction of sp³-hybridized carbons (Fsp3) is 0.747. The molecular formula is C75H130O6. The third-order valence-electron chi connectivity index (χ3n) is 15.1. The first-order chi connectivity index (χ1) is 40.0. The minimum atomic E-state index is -0.797. The molecule has 1 atom stereocenters. The van der Waals surface area contributed by atoms with Gasteiger partial charge in [0.2, 0.25) is 0 Å². The zero-order valence-corrected chi connectivity index (χ0v) is 53.5. The van der Waals surface area contributed by atoms with Gasteiger partial charge in [-0.3, -0.25) is 14.4 Å². The van der Waals surface area contributed by atoms with Gasteiger partial charge in [-0.25, -0.2) is 0 Å². The van der Waals surface area contributed by atoms with Crippen molar-refractivity contribution in [2.45, 2.75) is 348 Å². The maximum Gasteiger partial charge on any atom is 0.306 e. The quantitative estimate of drug-likeness (QED) is 0.0261. The molecular weight excluding hydrogens is 997 g/mol. The molecule has 81 heavy (non-hydrogen) atoms. The molecule has 0 fully saturated rings. The fourth-order valence-corrected chi connectivity index (χ4v) is 9.96. The third-order valence-corrected chi connectivity index (χ3v) is 15.1. The van der Waals surface area contributed by atoms with Crippen molar-refractivity contribution in [3.05, 3.63) is 97.2 Å². The lowest BCUT2D eigenvalue weighted by Crippen LogP contribution is -2.30. The van der Waals surface area contributed by atoms with Crippen LogP contribution in [0.3, 0.4) is 0 Å². The van der Waals surface area contributed by atoms with Crippen molar-refractivity contribution >= 4 is 17.9 Å². The zero-order chi connectivity index (χ0) is 58.5. The molecule has 0 rings (SSSR count). The van der Waals surface area contributed by atoms with E-state index < -0.39 is 6.10 Å². The van der Waals surface area contributed by atoms with E-state index in [-0.39, 0.29) is 37.5 Å². The van der Waals surface area contributed by atoms with E-state index in [1.165, 1.54) is 193 Å². The summed E-state index contributed by atoms with van der Waals surface area (Å²) in [5.74, 6) is -0.913. The van der Waals surface area contributed by atoms with E-state index in [1.807, 2.05) is 0 Å². The number of hydrogen-bond donors (Lipinski definition) is 0. The Morgan fingerprint density at radius 3 is 0.778 bits per heavy atom. The molecule has 6 nitrogen and oxygen atoms in total. The van der Waals surface area contributed by atoms with Crippen LogP contribution in [0.15, 0.2) is 97.2 Å². The van der Waals surface area contributed by atoms with Crippen molar-refractivity contribution < 1.29 is 28.6 Å². The molecule has 0 saturated carbocycles. The third kappa shape index (κ3) is 67.0. The van der Waals surface area contributed by atoms with E-state index in [9.17, 15) is 14.4 Å². The number of allylic oxidation sites excluding steroid dienone is 16. The first kappa shape index (κ1) is 77.3. The van der Waals surface area contributed by atoms with Gasteiger partial charge in [0.1, 0.15) is 13.2 Å². The Hall–Kier alpha value is -3.67. The number of carbonyl (C=O) groups is 3. The molecule has 0 radical (unpaired) electrons. The second kappa shape index (κ2) is 68.8. The number of ether oxygens (including phenoxy) is 3. The van der Waals surface area contributed by atoms with E-state index in [2.05, 4.69) is 118 Å². The summed E-state index contributed by atoms with van der Waals surface area (Å²) in [6.07, 6.45) is 93.1. The van der Waals surface area contributed by atoms with Gasteiger partial charge in [-0.15, -0.1) is 0 Å². The molecule has 0 spiro atoms. The van der Waals surface area contributed by atoms with Crippen molar-refractivity contribution in [3.8, 4) is 0 Å². The van der Waals surface area contributed by atoms with E-state index in [0.29, 0.717) is 19.3 Å². The van der Waals surface area contributed by atoms with Gasteiger partial charge in [0.05, 0.1) is 0 Å². The summed E-state index contributed by atoms with van der Waals surface area (Å²) < 4.78 is 16.9. The van der Waals surface area contributed by atoms with Crippen molar-refractivity contribution in [1.29, 1.82) is 0 Å². The molecule has 0 heterocycles. The number of unbranched alkanes of at least 4 members (excludes halogenated alkanes) is 36. The van der Waals surface area contributed by atoms with Gasteiger partial charge in [-0.2, -0.15) is 0 Å². The summed E-state index contributed by atoms with van der Waals surface area (Å²) in [4.78, 5) is 38.3. The molecule has 0 saturated heterocycles. The van der Waals surface area contributed by atoms with Crippen molar-refractivity contribution in [1.82, 2.24) is 0 Å². The van der Waals surface area contributed by atoms with Crippen LogP contribution in [0, 0.1) is 0 Å². The summed E-state index contributed by atoms with van der Waals surface area (Å²) in [5.41, 5.74) is 0. The van der Waals surface area contributed by atoms with Gasteiger partial charge in [-0.05, 0) is 96.3 Å². The molecule has 0 aromatic rings. The molecule has 0 aliphatic carbocycles. The molecule has 0 N–H and O–H groups in total. The monoisotopic (exact) mass is 1130 g/mol. The van der Waals surface area contributed by atoms with Crippen LogP contribution in [0.25, 0.3) is 0 Å². The predicted octanol–water partition coefficient (Wildman–Crippen LogP) is 24.0. The van der Waals surface area contributed by atoms with Gasteiger partial charge >= 0.3 is 17.9 Å². The Morgan fingerprint density at radius 1 is 0.259 bits per heavy atom. The van der Waals surface area contributed by atoms with Crippen LogP contribution >= 0.6 is 0 Å². The van der Waals surface area contributed by atoms with E-state index in [0.717, 1.165) is 103 Å². The lowest BCUT2D eigenvalue weighted by atomic mass is 10.0. The van der Waals surface area contributed by atoms with Crippen molar-refractivity contribution in [2.75, 3.05) is 13.2 Å². The van der Waals surface area contributed by atoms with Crippen molar-refractivity contribution in [2.24, 2.45) is 0 Å². The maximum absolute atomic E-state index is 12.9. The Kier molecular flexibility index (Phi) is 65.7. The van der Waals surface area contributed by atoms with Gasteiger partial charge in [0.15, 0.2) is 6.10 Å². The van der Waals surface area contributed by atoms with Crippen LogP contribution < -0.4 is 0 Å². The summed E-state index contributed by atoms with van der Waals surface area (Å²) in [7, 11) is 0. The van der Waals surface area contributed by atoms with Gasteiger partial charge in [0, 0.05) is 19.3 Å². The molecule has 0 bridgehead atoms. The number of esters is 3. The minimum absolute atomic E-state index is 0.0889. The SMILES string of the molecule is CC/C=C\C/C=C\C/C=C\C/C=C\CCCCCCCCCCCCCCCCCCCCCCC(=O)OCC(COC(=O)CCCCCCCCCCCCCCCCC)OC(=O)CCCC/C=C\C/C=C\C/C=C\C/C=C\CC. The molecule has 1 unspecified atom stereocenters. The molecule has 0 amide bonds. The average molecular weight is 1130 g/mol. The largest absolute Gasteiger partial charge is 0.462 e. The highest BCUT2D eigenvalue weighted by Crippen LogP contribution is 2.18. The lowest BCUT2D eigenvalue weighted by Gasteiger charge is -2.18. The summed E-state index contributed by atoms with van der Waals surface area (Å²) in [5, 5.41) is 0. The van der Waals surface area contributed by atoms with Crippen LogP contribution in [0.2, 0.25) is 0 Å². The molecule has 6 heteroatoms. The Labute approximate surface area is 502 Å². The first-order valence-electron chi connectivity index (χ1n) is 34.7. The Bertz CT molecular complexity index is 1580. The van der Waals surface area contributed by atoms with Crippen LogP contribution in [-0.4, -0.2) is 37.2 Å². The standard InChI is InChI=1S/C75H130O6/c1-4-7-10-13-16-19-22-25-28-29-30-31-32-33-34-35-36-37-38-39-40-41-42-43-44-45-48-50-53-56-59-62-65-68-74(77)80-71-72(81-75(78)69-66-63-60-57-54-51-47-27-24-21-18-15-12-9-6-3)70-79-73(76)67-64-61-58-55-52-49-46-26-23-20-17-14-11-8-5-2/h7,9-10,12,16,18-19,21,25,27-28,30-31,47,54,57,72H,4-6,8,11,13-15,17,20,22-24,26,29,32-46,48-53,55-56,58-71H2,1-3H3/b10-7-,12-9-,19-16-,21-18-,28-25-,31-30-,47-27-,57-54-. The highest BCUT2D eigenvalue weighted by atomic mass is 16.6. The van der Waals surface area contributed by atoms with Crippen LogP contribution in [0.4, 0.5) is 0 Å². The molecule has 0 aromatic carbocycles. The molecule has 0 aromatic heterocycles. The Morgan fingerprint density at radius 2 is 0.481 bits per heavy atom. The number of hydrogen-bond acceptors (Lipinski definition) is 6. The topological polar surface area (TPSA) is 78.9 Å². The molecule has 0 aliphatic rings. The maximum atomic E-state index is 12.9. The van der Waals surface area contributed by atoms with Gasteiger partial charge < -0.3 is 14.2 Å². The van der Waals surface area contributed by atoms with E-state index in [4.69, 9.17) is 14.2 Å². The van der Waals surface area contributed by atoms with E-state index >= 15 is 0 Å². The van der Waals surface area contributed by atoms with Gasteiger partial charge in [0.25, 0.3) is 0 Å². The van der Waals surface area contributed by atoms with Crippen LogP contribution in [-0.2, 0) is 28.6 Å². The van der Waals surface area contributed by atoms with Gasteiger partial charge in [-0.1, -0.05) is 323 Å². The minimum Gasteiger partial charge on any atom is -0.462 e. The smallest absolute Gasteiger partial charge is 0.306 e. The fourth-order valence-electron chi connectivity index (χ4n) is 9.96. The second-order valence-corrected chi connectivity index (χ2v) is 23.0. The average Bonchev–Trinajstić information content (AvgIpc) is 3.47. The Balaban J connectivity index is 4.17. The highest BCUT2D eigenvalue weighted by Gasteiger charge is 2.19. The summed E-state index contributed by atoms with van der Waals surface area (Å²) in [6, 6.07) is 0.